The summed E-state index contributed by atoms with van der Waals surface area (Å²) in [7, 11) is 0. The van der Waals surface area contributed by atoms with Crippen molar-refractivity contribution in [3.05, 3.63) is 59.7 Å². The Kier molecular flexibility index (Phi) is 5.82. The summed E-state index contributed by atoms with van der Waals surface area (Å²) in [5.41, 5.74) is 4.04. The normalized spacial score (nSPS) is 23.5. The first-order valence-electron chi connectivity index (χ1n) is 12.3. The summed E-state index contributed by atoms with van der Waals surface area (Å²) >= 11 is 0. The minimum Gasteiger partial charge on any atom is -0.481 e. The van der Waals surface area contributed by atoms with Crippen LogP contribution in [0.4, 0.5) is 4.79 Å². The van der Waals surface area contributed by atoms with Crippen LogP contribution in [0.3, 0.4) is 0 Å². The molecule has 7 heteroatoms. The van der Waals surface area contributed by atoms with E-state index in [0.29, 0.717) is 19.5 Å². The lowest BCUT2D eigenvalue weighted by atomic mass is 9.85. The van der Waals surface area contributed by atoms with Crippen LogP contribution in [0.1, 0.15) is 44.2 Å². The van der Waals surface area contributed by atoms with Gasteiger partial charge >= 0.3 is 12.1 Å². The number of fused-ring (bicyclic) bond motifs is 4. The maximum Gasteiger partial charge on any atom is 0.407 e. The summed E-state index contributed by atoms with van der Waals surface area (Å²) < 4.78 is 5.68. The van der Waals surface area contributed by atoms with Gasteiger partial charge in [-0.15, -0.1) is 0 Å². The molecule has 1 saturated carbocycles. The summed E-state index contributed by atoms with van der Waals surface area (Å²) in [6, 6.07) is 15.5. The summed E-state index contributed by atoms with van der Waals surface area (Å²) in [5, 5.41) is 12.2. The molecule has 7 nitrogen and oxygen atoms in total. The molecule has 184 valence electrons. The minimum absolute atomic E-state index is 0.0141. The number of likely N-dealkylation sites (tertiary alicyclic amines) is 1. The molecule has 35 heavy (non-hydrogen) atoms. The van der Waals surface area contributed by atoms with Crippen molar-refractivity contribution in [2.75, 3.05) is 19.7 Å². The first-order valence-corrected chi connectivity index (χ1v) is 12.3. The van der Waals surface area contributed by atoms with E-state index in [2.05, 4.69) is 29.6 Å². The van der Waals surface area contributed by atoms with Gasteiger partial charge in [-0.05, 0) is 45.9 Å². The number of hydrogen-bond donors (Lipinski definition) is 2. The molecule has 2 aliphatic carbocycles. The van der Waals surface area contributed by atoms with E-state index < -0.39 is 23.5 Å². The van der Waals surface area contributed by atoms with Gasteiger partial charge in [0.1, 0.15) is 12.6 Å². The Balaban J connectivity index is 1.25. The molecule has 5 rings (SSSR count). The van der Waals surface area contributed by atoms with E-state index in [9.17, 15) is 19.5 Å². The number of rotatable bonds is 5. The number of hydrogen-bond acceptors (Lipinski definition) is 4. The number of carbonyl (C=O) groups is 3. The molecule has 1 aliphatic heterocycles. The number of nitrogens with zero attached hydrogens (tertiary/aromatic N) is 1. The lowest BCUT2D eigenvalue weighted by molar-refractivity contribution is -0.140. The van der Waals surface area contributed by atoms with Gasteiger partial charge in [0.05, 0.1) is 5.92 Å². The topological polar surface area (TPSA) is 95.9 Å². The van der Waals surface area contributed by atoms with Crippen molar-refractivity contribution in [1.29, 1.82) is 0 Å². The fourth-order valence-corrected chi connectivity index (χ4v) is 5.89. The molecule has 0 radical (unpaired) electrons. The van der Waals surface area contributed by atoms with E-state index in [1.54, 1.807) is 4.90 Å². The fourth-order valence-electron chi connectivity index (χ4n) is 5.89. The zero-order valence-corrected chi connectivity index (χ0v) is 20.4. The number of nitrogens with one attached hydrogen (secondary N) is 1. The zero-order valence-electron chi connectivity index (χ0n) is 20.4. The Bertz CT molecular complexity index is 1120. The Morgan fingerprint density at radius 2 is 1.63 bits per heavy atom. The molecule has 1 heterocycles. The number of piperidine rings is 1. The number of aliphatic carboxylic acids is 1. The lowest BCUT2D eigenvalue weighted by Gasteiger charge is -2.36. The average Bonchev–Trinajstić information content (AvgIpc) is 3.47. The average molecular weight is 477 g/mol. The molecular formula is C28H32N2O5. The van der Waals surface area contributed by atoms with E-state index in [-0.39, 0.29) is 36.2 Å². The van der Waals surface area contributed by atoms with Gasteiger partial charge in [0.2, 0.25) is 5.91 Å². The number of carboxylic acid groups (broad SMARTS) is 1. The molecular weight excluding hydrogens is 444 g/mol. The largest absolute Gasteiger partial charge is 0.481 e. The molecule has 0 bridgehead atoms. The SMILES string of the molecule is CC(C)(C)C(NC(=O)OCC1c2ccccc2-c2ccccc21)C(=O)N1CCC2C(C1)C2C(=O)O. The van der Waals surface area contributed by atoms with E-state index in [1.807, 2.05) is 45.0 Å². The predicted molar refractivity (Wildman–Crippen MR) is 131 cm³/mol. The fraction of sp³-hybridized carbons (Fsp3) is 0.464. The van der Waals surface area contributed by atoms with E-state index in [4.69, 9.17) is 4.74 Å². The van der Waals surface area contributed by atoms with Crippen LogP contribution < -0.4 is 5.32 Å². The monoisotopic (exact) mass is 476 g/mol. The summed E-state index contributed by atoms with van der Waals surface area (Å²) in [4.78, 5) is 39.4. The zero-order chi connectivity index (χ0) is 24.9. The molecule has 2 aromatic carbocycles. The maximum atomic E-state index is 13.4. The summed E-state index contributed by atoms with van der Waals surface area (Å²) in [6.07, 6.45) is 0.0692. The first-order chi connectivity index (χ1) is 16.7. The van der Waals surface area contributed by atoms with Crippen LogP contribution in [0.2, 0.25) is 0 Å². The Morgan fingerprint density at radius 1 is 1.03 bits per heavy atom. The number of carbonyl (C=O) groups excluding carboxylic acids is 2. The van der Waals surface area contributed by atoms with Crippen LogP contribution >= 0.6 is 0 Å². The van der Waals surface area contributed by atoms with Gasteiger partial charge in [-0.3, -0.25) is 9.59 Å². The van der Waals surface area contributed by atoms with Gasteiger partial charge in [-0.25, -0.2) is 4.79 Å². The molecule has 1 saturated heterocycles. The van der Waals surface area contributed by atoms with Crippen molar-refractivity contribution in [3.8, 4) is 11.1 Å². The molecule has 4 unspecified atom stereocenters. The lowest BCUT2D eigenvalue weighted by Crippen LogP contribution is -2.56. The molecule has 0 aromatic heterocycles. The van der Waals surface area contributed by atoms with Crippen molar-refractivity contribution in [1.82, 2.24) is 10.2 Å². The molecule has 3 aliphatic rings. The second kappa shape index (κ2) is 8.70. The van der Waals surface area contributed by atoms with E-state index in [1.165, 1.54) is 0 Å². The maximum absolute atomic E-state index is 13.4. The number of alkyl carbamates (subject to hydrolysis) is 1. The third-order valence-corrected chi connectivity index (χ3v) is 7.81. The summed E-state index contributed by atoms with van der Waals surface area (Å²) in [5.74, 6) is -1.19. The van der Waals surface area contributed by atoms with E-state index in [0.717, 1.165) is 22.3 Å². The quantitative estimate of drug-likeness (QED) is 0.677. The van der Waals surface area contributed by atoms with Crippen molar-refractivity contribution in [2.24, 2.45) is 23.2 Å². The minimum atomic E-state index is -0.779. The highest BCUT2D eigenvalue weighted by molar-refractivity contribution is 5.87. The third kappa shape index (κ3) is 4.28. The van der Waals surface area contributed by atoms with E-state index >= 15 is 0 Å². The van der Waals surface area contributed by atoms with Crippen LogP contribution in [0.25, 0.3) is 11.1 Å². The highest BCUT2D eigenvalue weighted by Crippen LogP contribution is 2.52. The van der Waals surface area contributed by atoms with Crippen LogP contribution in [0.15, 0.2) is 48.5 Å². The van der Waals surface area contributed by atoms with Crippen LogP contribution in [0, 0.1) is 23.2 Å². The van der Waals surface area contributed by atoms with Crippen molar-refractivity contribution >= 4 is 18.0 Å². The number of benzene rings is 2. The Hall–Kier alpha value is -3.35. The van der Waals surface area contributed by atoms with Crippen molar-refractivity contribution < 1.29 is 24.2 Å². The predicted octanol–water partition coefficient (Wildman–Crippen LogP) is 4.12. The van der Waals surface area contributed by atoms with Gasteiger partial charge in [-0.2, -0.15) is 0 Å². The number of ether oxygens (including phenoxy) is 1. The summed E-state index contributed by atoms with van der Waals surface area (Å²) in [6.45, 7) is 6.84. The molecule has 2 fully saturated rings. The standard InChI is InChI=1S/C28H32N2O5/c1-28(2,3)24(25(31)30-13-12-20-21(14-30)23(20)26(32)33)29-27(34)35-15-22-18-10-6-4-8-16(18)17-9-5-7-11-19(17)22/h4-11,20-24H,12-15H2,1-3H3,(H,29,34)(H,32,33). The molecule has 0 spiro atoms. The van der Waals surface area contributed by atoms with Crippen LogP contribution in [-0.2, 0) is 14.3 Å². The van der Waals surface area contributed by atoms with Gasteiger partial charge < -0.3 is 20.1 Å². The highest BCUT2D eigenvalue weighted by Gasteiger charge is 2.58. The molecule has 2 aromatic rings. The third-order valence-electron chi connectivity index (χ3n) is 7.81. The molecule has 4 atom stereocenters. The second-order valence-electron chi connectivity index (χ2n) is 11.0. The highest BCUT2D eigenvalue weighted by atomic mass is 16.5. The first kappa shape index (κ1) is 23.4. The molecule has 2 amide bonds. The van der Waals surface area contributed by atoms with Gasteiger partial charge in [-0.1, -0.05) is 69.3 Å². The smallest absolute Gasteiger partial charge is 0.407 e. The number of carboxylic acids is 1. The Morgan fingerprint density at radius 3 is 2.20 bits per heavy atom. The van der Waals surface area contributed by atoms with Gasteiger partial charge in [0, 0.05) is 19.0 Å². The Labute approximate surface area is 205 Å². The van der Waals surface area contributed by atoms with Gasteiger partial charge in [0.25, 0.3) is 0 Å². The second-order valence-corrected chi connectivity index (χ2v) is 11.0. The van der Waals surface area contributed by atoms with Crippen LogP contribution in [-0.4, -0.2) is 53.7 Å². The van der Waals surface area contributed by atoms with Crippen molar-refractivity contribution in [3.63, 3.8) is 0 Å². The number of amides is 2. The molecule has 2 N–H and O–H groups in total. The van der Waals surface area contributed by atoms with Crippen molar-refractivity contribution in [2.45, 2.75) is 39.2 Å². The van der Waals surface area contributed by atoms with Gasteiger partial charge in [0.15, 0.2) is 0 Å². The van der Waals surface area contributed by atoms with Crippen LogP contribution in [0.5, 0.6) is 0 Å².